The number of benzene rings is 2. The van der Waals surface area contributed by atoms with Crippen molar-refractivity contribution in [2.45, 2.75) is 39.0 Å². The van der Waals surface area contributed by atoms with Crippen LogP contribution in [0, 0.1) is 5.92 Å². The van der Waals surface area contributed by atoms with Crippen LogP contribution in [0.3, 0.4) is 0 Å². The number of nitrogens with one attached hydrogen (secondary N) is 1. The third kappa shape index (κ3) is 5.43. The lowest BCUT2D eigenvalue weighted by Crippen LogP contribution is -2.45. The van der Waals surface area contributed by atoms with Gasteiger partial charge in [0.05, 0.1) is 18.6 Å². The fourth-order valence-electron chi connectivity index (χ4n) is 3.80. The largest absolute Gasteiger partial charge is 0.492 e. The van der Waals surface area contributed by atoms with Crippen molar-refractivity contribution in [1.82, 2.24) is 0 Å². The second kappa shape index (κ2) is 10.8. The maximum Gasteiger partial charge on any atom is 0.341 e. The number of carbonyl (C=O) groups excluding carboxylic acids is 2. The lowest BCUT2D eigenvalue weighted by molar-refractivity contribution is -0.125. The highest BCUT2D eigenvalue weighted by atomic mass is 35.5. The molecule has 0 aliphatic carbocycles. The molecule has 1 saturated heterocycles. The van der Waals surface area contributed by atoms with E-state index in [9.17, 15) is 9.59 Å². The van der Waals surface area contributed by atoms with Gasteiger partial charge in [0.2, 0.25) is 5.91 Å². The summed E-state index contributed by atoms with van der Waals surface area (Å²) in [6, 6.07) is 12.4. The quantitative estimate of drug-likeness (QED) is 0.546. The molecule has 2 aromatic rings. The van der Waals surface area contributed by atoms with Crippen LogP contribution in [0.4, 0.5) is 5.69 Å². The number of halogens is 1. The average Bonchev–Trinajstić information content (AvgIpc) is 2.79. The molecule has 172 valence electrons. The molecule has 1 fully saturated rings. The van der Waals surface area contributed by atoms with E-state index in [0.717, 1.165) is 5.56 Å². The lowest BCUT2D eigenvalue weighted by atomic mass is 9.73. The summed E-state index contributed by atoms with van der Waals surface area (Å²) in [5, 5.41) is 3.54. The van der Waals surface area contributed by atoms with Crippen LogP contribution < -0.4 is 10.1 Å². The molecular formula is C25H30ClNO5. The second-order valence-electron chi connectivity index (χ2n) is 8.26. The molecule has 0 radical (unpaired) electrons. The van der Waals surface area contributed by atoms with Crippen molar-refractivity contribution in [2.24, 2.45) is 5.92 Å². The highest BCUT2D eigenvalue weighted by Gasteiger charge is 2.43. The van der Waals surface area contributed by atoms with E-state index in [0.29, 0.717) is 55.0 Å². The number of carbonyl (C=O) groups is 2. The molecule has 1 heterocycles. The van der Waals surface area contributed by atoms with Crippen LogP contribution in [0.1, 0.15) is 49.5 Å². The van der Waals surface area contributed by atoms with Crippen LogP contribution >= 0.6 is 11.6 Å². The van der Waals surface area contributed by atoms with Gasteiger partial charge in [-0.05, 0) is 55.5 Å². The Morgan fingerprint density at radius 1 is 1.16 bits per heavy atom. The maximum absolute atomic E-state index is 13.6. The predicted octanol–water partition coefficient (Wildman–Crippen LogP) is 5.24. The van der Waals surface area contributed by atoms with E-state index in [4.69, 9.17) is 25.8 Å². The van der Waals surface area contributed by atoms with Gasteiger partial charge in [-0.1, -0.05) is 43.6 Å². The molecule has 0 aromatic heterocycles. The Balaban J connectivity index is 1.92. The first-order chi connectivity index (χ1) is 15.4. The summed E-state index contributed by atoms with van der Waals surface area (Å²) in [6.45, 7) is 7.45. The Labute approximate surface area is 194 Å². The highest BCUT2D eigenvalue weighted by molar-refractivity contribution is 6.31. The number of anilines is 1. The Bertz CT molecular complexity index is 953. The topological polar surface area (TPSA) is 73.9 Å². The number of ether oxygens (including phenoxy) is 3. The Morgan fingerprint density at radius 3 is 2.53 bits per heavy atom. The van der Waals surface area contributed by atoms with E-state index >= 15 is 0 Å². The molecule has 1 N–H and O–H groups in total. The zero-order valence-corrected chi connectivity index (χ0v) is 19.5. The van der Waals surface area contributed by atoms with Crippen molar-refractivity contribution in [3.8, 4) is 5.75 Å². The number of hydrogen-bond donors (Lipinski definition) is 1. The summed E-state index contributed by atoms with van der Waals surface area (Å²) in [5.41, 5.74) is 0.745. The smallest absolute Gasteiger partial charge is 0.341 e. The molecule has 1 aliphatic rings. The number of amides is 1. The summed E-state index contributed by atoms with van der Waals surface area (Å²) < 4.78 is 16.5. The minimum absolute atomic E-state index is 0.181. The van der Waals surface area contributed by atoms with Crippen LogP contribution in [0.15, 0.2) is 42.5 Å². The highest BCUT2D eigenvalue weighted by Crippen LogP contribution is 2.40. The van der Waals surface area contributed by atoms with Gasteiger partial charge >= 0.3 is 5.97 Å². The van der Waals surface area contributed by atoms with E-state index in [2.05, 4.69) is 5.32 Å². The fraction of sp³-hybridized carbons (Fsp3) is 0.440. The summed E-state index contributed by atoms with van der Waals surface area (Å²) in [6.07, 6.45) is 1.03. The zero-order valence-electron chi connectivity index (χ0n) is 18.8. The van der Waals surface area contributed by atoms with Crippen LogP contribution in [0.5, 0.6) is 5.75 Å². The predicted molar refractivity (Wildman–Crippen MR) is 125 cm³/mol. The monoisotopic (exact) mass is 459 g/mol. The first kappa shape index (κ1) is 24.1. The van der Waals surface area contributed by atoms with E-state index in [1.165, 1.54) is 0 Å². The summed E-state index contributed by atoms with van der Waals surface area (Å²) in [4.78, 5) is 26.1. The van der Waals surface area contributed by atoms with Gasteiger partial charge in [0.1, 0.15) is 11.3 Å². The van der Waals surface area contributed by atoms with Crippen molar-refractivity contribution >= 4 is 29.2 Å². The van der Waals surface area contributed by atoms with E-state index in [-0.39, 0.29) is 18.1 Å². The van der Waals surface area contributed by atoms with Crippen LogP contribution in [0.25, 0.3) is 0 Å². The normalized spacial score (nSPS) is 15.3. The molecule has 7 heteroatoms. The first-order valence-electron chi connectivity index (χ1n) is 11.0. The molecule has 2 aromatic carbocycles. The zero-order chi connectivity index (χ0) is 23.1. The van der Waals surface area contributed by atoms with Crippen molar-refractivity contribution < 1.29 is 23.8 Å². The number of hydrogen-bond acceptors (Lipinski definition) is 5. The standard InChI is InChI=1S/C25H30ClNO5/c1-4-31-23(28)19-15-18(9-10-22(19)32-16-17(2)3)27-24(29)25(11-13-30-14-12-25)20-7-5-6-8-21(20)26/h5-10,15,17H,4,11-14,16H2,1-3H3,(H,27,29). The molecule has 0 atom stereocenters. The Kier molecular flexibility index (Phi) is 8.15. The van der Waals surface area contributed by atoms with Crippen molar-refractivity contribution in [3.63, 3.8) is 0 Å². The lowest BCUT2D eigenvalue weighted by Gasteiger charge is -2.36. The fourth-order valence-corrected chi connectivity index (χ4v) is 4.11. The molecule has 0 unspecified atom stereocenters. The van der Waals surface area contributed by atoms with E-state index in [1.54, 1.807) is 31.2 Å². The van der Waals surface area contributed by atoms with Crippen LogP contribution in [0.2, 0.25) is 5.02 Å². The van der Waals surface area contributed by atoms with Gasteiger partial charge < -0.3 is 19.5 Å². The van der Waals surface area contributed by atoms with Gasteiger partial charge in [0.15, 0.2) is 0 Å². The molecule has 1 aliphatic heterocycles. The third-order valence-electron chi connectivity index (χ3n) is 5.48. The van der Waals surface area contributed by atoms with Crippen molar-refractivity contribution in [1.29, 1.82) is 0 Å². The second-order valence-corrected chi connectivity index (χ2v) is 8.67. The summed E-state index contributed by atoms with van der Waals surface area (Å²) >= 11 is 6.48. The van der Waals surface area contributed by atoms with Gasteiger partial charge in [-0.25, -0.2) is 4.79 Å². The van der Waals surface area contributed by atoms with Crippen LogP contribution in [-0.4, -0.2) is 38.3 Å². The number of esters is 1. The minimum Gasteiger partial charge on any atom is -0.492 e. The SMILES string of the molecule is CCOC(=O)c1cc(NC(=O)C2(c3ccccc3Cl)CCOCC2)ccc1OCC(C)C. The molecule has 3 rings (SSSR count). The molecule has 32 heavy (non-hydrogen) atoms. The van der Waals surface area contributed by atoms with E-state index in [1.807, 2.05) is 32.0 Å². The van der Waals surface area contributed by atoms with Crippen molar-refractivity contribution in [3.05, 3.63) is 58.6 Å². The van der Waals surface area contributed by atoms with Gasteiger partial charge in [0, 0.05) is 23.9 Å². The summed E-state index contributed by atoms with van der Waals surface area (Å²) in [5.74, 6) is 0.0595. The first-order valence-corrected chi connectivity index (χ1v) is 11.3. The maximum atomic E-state index is 13.6. The van der Waals surface area contributed by atoms with Crippen LogP contribution in [-0.2, 0) is 19.7 Å². The minimum atomic E-state index is -0.812. The molecule has 1 amide bonds. The van der Waals surface area contributed by atoms with Gasteiger partial charge in [-0.15, -0.1) is 0 Å². The molecule has 6 nitrogen and oxygen atoms in total. The van der Waals surface area contributed by atoms with Gasteiger partial charge in [0.25, 0.3) is 0 Å². The third-order valence-corrected chi connectivity index (χ3v) is 5.80. The van der Waals surface area contributed by atoms with Crippen molar-refractivity contribution in [2.75, 3.05) is 31.7 Å². The molecule has 0 spiro atoms. The Morgan fingerprint density at radius 2 is 1.88 bits per heavy atom. The molecule has 0 bridgehead atoms. The summed E-state index contributed by atoms with van der Waals surface area (Å²) in [7, 11) is 0. The number of rotatable bonds is 8. The van der Waals surface area contributed by atoms with Gasteiger partial charge in [-0.2, -0.15) is 0 Å². The van der Waals surface area contributed by atoms with Gasteiger partial charge in [-0.3, -0.25) is 4.79 Å². The van der Waals surface area contributed by atoms with E-state index < -0.39 is 11.4 Å². The molecule has 0 saturated carbocycles. The molecular weight excluding hydrogens is 430 g/mol. The average molecular weight is 460 g/mol. The Hall–Kier alpha value is -2.57.